The van der Waals surface area contributed by atoms with Gasteiger partial charge < -0.3 is 24.8 Å². The van der Waals surface area contributed by atoms with Crippen molar-refractivity contribution < 1.29 is 23.8 Å². The van der Waals surface area contributed by atoms with Gasteiger partial charge in [0, 0.05) is 13.2 Å². The van der Waals surface area contributed by atoms with Crippen molar-refractivity contribution >= 4 is 17.5 Å². The quantitative estimate of drug-likeness (QED) is 0.714. The van der Waals surface area contributed by atoms with Crippen LogP contribution in [0.15, 0.2) is 42.5 Å². The molecule has 2 N–H and O–H groups in total. The molecule has 1 atom stereocenters. The Kier molecular flexibility index (Phi) is 7.08. The fraction of sp³-hybridized carbons (Fsp3) is 0.364. The van der Waals surface area contributed by atoms with Crippen molar-refractivity contribution in [3.63, 3.8) is 0 Å². The largest absolute Gasteiger partial charge is 0.493 e. The molecule has 3 rings (SSSR count). The second-order valence-corrected chi connectivity index (χ2v) is 6.80. The summed E-state index contributed by atoms with van der Waals surface area (Å²) in [7, 11) is 3.11. The maximum Gasteiger partial charge on any atom is 0.253 e. The van der Waals surface area contributed by atoms with Gasteiger partial charge in [-0.25, -0.2) is 0 Å². The van der Waals surface area contributed by atoms with Gasteiger partial charge in [0.15, 0.2) is 11.5 Å². The molecule has 29 heavy (non-hydrogen) atoms. The average Bonchev–Trinajstić information content (AvgIpc) is 3.26. The third-order valence-corrected chi connectivity index (χ3v) is 4.77. The van der Waals surface area contributed by atoms with Crippen molar-refractivity contribution in [3.8, 4) is 11.5 Å². The molecular weight excluding hydrogens is 372 g/mol. The van der Waals surface area contributed by atoms with E-state index in [1.807, 2.05) is 0 Å². The molecule has 0 bridgehead atoms. The first-order valence-corrected chi connectivity index (χ1v) is 9.60. The number of hydrogen-bond acceptors (Lipinski definition) is 5. The van der Waals surface area contributed by atoms with Crippen LogP contribution in [0.2, 0.25) is 0 Å². The van der Waals surface area contributed by atoms with Crippen LogP contribution in [-0.2, 0) is 16.0 Å². The summed E-state index contributed by atoms with van der Waals surface area (Å²) in [5.41, 5.74) is 1.68. The van der Waals surface area contributed by atoms with Gasteiger partial charge >= 0.3 is 0 Å². The summed E-state index contributed by atoms with van der Waals surface area (Å²) in [4.78, 5) is 25.1. The maximum absolute atomic E-state index is 12.6. The molecule has 0 spiro atoms. The second-order valence-electron chi connectivity index (χ2n) is 6.80. The molecule has 0 aliphatic carbocycles. The minimum Gasteiger partial charge on any atom is -0.493 e. The first-order chi connectivity index (χ1) is 14.1. The topological polar surface area (TPSA) is 85.9 Å². The van der Waals surface area contributed by atoms with Gasteiger partial charge in [0.1, 0.15) is 0 Å². The van der Waals surface area contributed by atoms with Crippen molar-refractivity contribution in [2.24, 2.45) is 0 Å². The summed E-state index contributed by atoms with van der Waals surface area (Å²) in [6.07, 6.45) is 2.17. The SMILES string of the molecule is COc1ccc(CC(=O)Nc2ccccc2C(=O)NCC2CCCO2)cc1OC. The highest BCUT2D eigenvalue weighted by Gasteiger charge is 2.18. The summed E-state index contributed by atoms with van der Waals surface area (Å²) < 4.78 is 16.0. The second kappa shape index (κ2) is 9.93. The summed E-state index contributed by atoms with van der Waals surface area (Å²) in [6, 6.07) is 12.3. The lowest BCUT2D eigenvalue weighted by atomic mass is 10.1. The van der Waals surface area contributed by atoms with E-state index in [-0.39, 0.29) is 24.3 Å². The number of para-hydroxylation sites is 1. The first-order valence-electron chi connectivity index (χ1n) is 9.60. The standard InChI is InChI=1S/C22H26N2O5/c1-27-19-10-9-15(12-20(19)28-2)13-21(25)24-18-8-4-3-7-17(18)22(26)23-14-16-6-5-11-29-16/h3-4,7-10,12,16H,5-6,11,13-14H2,1-2H3,(H,23,26)(H,24,25). The number of carbonyl (C=O) groups is 2. The van der Waals surface area contributed by atoms with E-state index in [1.54, 1.807) is 56.7 Å². The van der Waals surface area contributed by atoms with E-state index in [2.05, 4.69) is 10.6 Å². The average molecular weight is 398 g/mol. The van der Waals surface area contributed by atoms with Gasteiger partial charge in [-0.2, -0.15) is 0 Å². The Hall–Kier alpha value is -3.06. The van der Waals surface area contributed by atoms with Gasteiger partial charge in [-0.1, -0.05) is 18.2 Å². The van der Waals surface area contributed by atoms with Crippen molar-refractivity contribution in [2.45, 2.75) is 25.4 Å². The molecule has 2 aromatic rings. The van der Waals surface area contributed by atoms with Crippen LogP contribution < -0.4 is 20.1 Å². The van der Waals surface area contributed by atoms with Gasteiger partial charge in [0.2, 0.25) is 5.91 Å². The molecule has 154 valence electrons. The van der Waals surface area contributed by atoms with Crippen molar-refractivity contribution in [1.29, 1.82) is 0 Å². The first kappa shape index (κ1) is 20.7. The zero-order valence-electron chi connectivity index (χ0n) is 16.7. The van der Waals surface area contributed by atoms with E-state index < -0.39 is 0 Å². The number of nitrogens with one attached hydrogen (secondary N) is 2. The molecule has 7 heteroatoms. The van der Waals surface area contributed by atoms with Crippen LogP contribution >= 0.6 is 0 Å². The minimum atomic E-state index is -0.234. The molecule has 1 aliphatic heterocycles. The van der Waals surface area contributed by atoms with Gasteiger partial charge in [-0.3, -0.25) is 9.59 Å². The zero-order valence-corrected chi connectivity index (χ0v) is 16.7. The van der Waals surface area contributed by atoms with E-state index in [4.69, 9.17) is 14.2 Å². The normalized spacial score (nSPS) is 15.6. The van der Waals surface area contributed by atoms with E-state index in [0.717, 1.165) is 25.0 Å². The Labute approximate surface area is 170 Å². The summed E-state index contributed by atoms with van der Waals surface area (Å²) in [5, 5.41) is 5.72. The molecular formula is C22H26N2O5. The van der Waals surface area contributed by atoms with Crippen molar-refractivity contribution in [3.05, 3.63) is 53.6 Å². The molecule has 2 amide bonds. The van der Waals surface area contributed by atoms with Crippen LogP contribution in [-0.4, -0.2) is 45.3 Å². The summed E-state index contributed by atoms with van der Waals surface area (Å²) >= 11 is 0. The Morgan fingerprint density at radius 1 is 1.10 bits per heavy atom. The van der Waals surface area contributed by atoms with E-state index >= 15 is 0 Å². The summed E-state index contributed by atoms with van der Waals surface area (Å²) in [5.74, 6) is 0.704. The predicted octanol–water partition coefficient (Wildman–Crippen LogP) is 2.79. The van der Waals surface area contributed by atoms with Gasteiger partial charge in [-0.05, 0) is 42.7 Å². The molecule has 1 unspecified atom stereocenters. The lowest BCUT2D eigenvalue weighted by Crippen LogP contribution is -2.32. The van der Waals surface area contributed by atoms with Crippen molar-refractivity contribution in [1.82, 2.24) is 5.32 Å². The van der Waals surface area contributed by atoms with Gasteiger partial charge in [0.05, 0.1) is 38.0 Å². The number of methoxy groups -OCH3 is 2. The lowest BCUT2D eigenvalue weighted by Gasteiger charge is -2.14. The third-order valence-electron chi connectivity index (χ3n) is 4.77. The molecule has 0 saturated carbocycles. The van der Waals surface area contributed by atoms with E-state index in [1.165, 1.54) is 0 Å². The van der Waals surface area contributed by atoms with Crippen LogP contribution in [0, 0.1) is 0 Å². The molecule has 0 radical (unpaired) electrons. The molecule has 0 aromatic heterocycles. The number of carbonyl (C=O) groups excluding carboxylic acids is 2. The van der Waals surface area contributed by atoms with Crippen molar-refractivity contribution in [2.75, 3.05) is 32.7 Å². The van der Waals surface area contributed by atoms with Crippen LogP contribution in [0.25, 0.3) is 0 Å². The highest BCUT2D eigenvalue weighted by molar-refractivity contribution is 6.04. The molecule has 1 aliphatic rings. The maximum atomic E-state index is 12.6. The monoisotopic (exact) mass is 398 g/mol. The van der Waals surface area contributed by atoms with Crippen LogP contribution in [0.4, 0.5) is 5.69 Å². The highest BCUT2D eigenvalue weighted by Crippen LogP contribution is 2.28. The fourth-order valence-electron chi connectivity index (χ4n) is 3.27. The molecule has 1 saturated heterocycles. The van der Waals surface area contributed by atoms with Gasteiger partial charge in [-0.15, -0.1) is 0 Å². The summed E-state index contributed by atoms with van der Waals surface area (Å²) in [6.45, 7) is 1.20. The third kappa shape index (κ3) is 5.48. The Morgan fingerprint density at radius 3 is 2.62 bits per heavy atom. The number of anilines is 1. The molecule has 2 aromatic carbocycles. The molecule has 1 heterocycles. The number of hydrogen-bond donors (Lipinski definition) is 2. The predicted molar refractivity (Wildman–Crippen MR) is 110 cm³/mol. The Balaban J connectivity index is 1.63. The number of benzene rings is 2. The molecule has 1 fully saturated rings. The molecule has 7 nitrogen and oxygen atoms in total. The Bertz CT molecular complexity index is 862. The van der Waals surface area contributed by atoms with Crippen LogP contribution in [0.3, 0.4) is 0 Å². The number of rotatable bonds is 8. The fourth-order valence-corrected chi connectivity index (χ4v) is 3.27. The number of amides is 2. The van der Waals surface area contributed by atoms with Crippen LogP contribution in [0.1, 0.15) is 28.8 Å². The highest BCUT2D eigenvalue weighted by atomic mass is 16.5. The zero-order chi connectivity index (χ0) is 20.6. The van der Waals surface area contributed by atoms with Gasteiger partial charge in [0.25, 0.3) is 5.91 Å². The Morgan fingerprint density at radius 2 is 1.90 bits per heavy atom. The number of ether oxygens (including phenoxy) is 3. The minimum absolute atomic E-state index is 0.0609. The smallest absolute Gasteiger partial charge is 0.253 e. The lowest BCUT2D eigenvalue weighted by molar-refractivity contribution is -0.115. The van der Waals surface area contributed by atoms with Crippen LogP contribution in [0.5, 0.6) is 11.5 Å². The van der Waals surface area contributed by atoms with E-state index in [9.17, 15) is 9.59 Å². The van der Waals surface area contributed by atoms with E-state index in [0.29, 0.717) is 29.3 Å².